The van der Waals surface area contributed by atoms with Crippen molar-refractivity contribution < 1.29 is 8.94 Å². The van der Waals surface area contributed by atoms with Crippen LogP contribution in [0, 0.1) is 12.7 Å². The van der Waals surface area contributed by atoms with Gasteiger partial charge in [0.15, 0.2) is 4.90 Å². The molecule has 5 heteroatoms. The Morgan fingerprint density at radius 3 is 2.61 bits per heavy atom. The summed E-state index contributed by atoms with van der Waals surface area (Å²) in [4.78, 5) is 2.51. The lowest BCUT2D eigenvalue weighted by Gasteiger charge is -2.02. The van der Waals surface area contributed by atoms with Crippen molar-refractivity contribution in [1.82, 2.24) is 0 Å². The highest BCUT2D eigenvalue weighted by Gasteiger charge is 2.09. The second kappa shape index (κ2) is 7.08. The molecule has 0 bridgehead atoms. The molecule has 23 heavy (non-hydrogen) atoms. The Morgan fingerprint density at radius 2 is 1.87 bits per heavy atom. The Morgan fingerprint density at radius 1 is 1.09 bits per heavy atom. The van der Waals surface area contributed by atoms with E-state index in [0.29, 0.717) is 4.90 Å². The standard InChI is InChI=1S/C18H14FNOS2/c1-13-5-8-17(9-6-13)23(21)20-12-16-7-10-18(22-16)14-3-2-4-15(19)11-14/h2-12H,1H3/b20-12+. The van der Waals surface area contributed by atoms with Gasteiger partial charge in [-0.25, -0.2) is 4.39 Å². The predicted octanol–water partition coefficient (Wildman–Crippen LogP) is 5.00. The Hall–Kier alpha value is -1.95. The predicted molar refractivity (Wildman–Crippen MR) is 94.9 cm³/mol. The summed E-state index contributed by atoms with van der Waals surface area (Å²) in [6.07, 6.45) is 1.60. The Bertz CT molecular complexity index is 827. The van der Waals surface area contributed by atoms with Crippen LogP contribution >= 0.6 is 11.3 Å². The van der Waals surface area contributed by atoms with Crippen LogP contribution < -0.4 is 0 Å². The number of nitrogens with zero attached hydrogens (tertiary/aromatic N) is 1. The van der Waals surface area contributed by atoms with E-state index >= 15 is 0 Å². The fraction of sp³-hybridized carbons (Fsp3) is 0.0556. The first-order valence-corrected chi connectivity index (χ1v) is 8.92. The van der Waals surface area contributed by atoms with E-state index in [0.717, 1.165) is 20.9 Å². The highest BCUT2D eigenvalue weighted by molar-refractivity contribution is 7.90. The Labute approximate surface area is 141 Å². The van der Waals surface area contributed by atoms with Crippen LogP contribution in [0.5, 0.6) is 0 Å². The quantitative estimate of drug-likeness (QED) is 0.485. The van der Waals surface area contributed by atoms with Gasteiger partial charge in [0.1, 0.15) is 17.2 Å². The summed E-state index contributed by atoms with van der Waals surface area (Å²) >= 11 is 0.0689. The average Bonchev–Trinajstić information content (AvgIpc) is 3.02. The molecule has 0 fully saturated rings. The molecule has 0 N–H and O–H groups in total. The van der Waals surface area contributed by atoms with Gasteiger partial charge in [-0.15, -0.1) is 11.3 Å². The van der Waals surface area contributed by atoms with Gasteiger partial charge in [-0.2, -0.15) is 0 Å². The zero-order valence-corrected chi connectivity index (χ0v) is 14.0. The molecule has 3 aromatic rings. The summed E-state index contributed by atoms with van der Waals surface area (Å²) in [6.45, 7) is 1.98. The van der Waals surface area contributed by atoms with Gasteiger partial charge in [-0.05, 0) is 48.9 Å². The SMILES string of the molecule is Cc1ccc([S+]([O-])/N=C/c2ccc(-c3cccc(F)c3)s2)cc1. The van der Waals surface area contributed by atoms with Gasteiger partial charge in [0.2, 0.25) is 0 Å². The molecule has 0 amide bonds. The second-order valence-electron chi connectivity index (χ2n) is 5.01. The van der Waals surface area contributed by atoms with Gasteiger partial charge < -0.3 is 4.55 Å². The van der Waals surface area contributed by atoms with Crippen LogP contribution in [0.2, 0.25) is 0 Å². The summed E-state index contributed by atoms with van der Waals surface area (Å²) in [5, 5.41) is 0. The third-order valence-electron chi connectivity index (χ3n) is 3.23. The molecule has 0 spiro atoms. The normalized spacial score (nSPS) is 12.7. The van der Waals surface area contributed by atoms with Crippen LogP contribution in [-0.2, 0) is 11.4 Å². The van der Waals surface area contributed by atoms with Crippen LogP contribution in [0.15, 0.2) is 70.0 Å². The molecule has 0 saturated carbocycles. The molecule has 1 atom stereocenters. The maximum Gasteiger partial charge on any atom is 0.182 e. The molecule has 0 aliphatic heterocycles. The van der Waals surface area contributed by atoms with E-state index < -0.39 is 11.4 Å². The topological polar surface area (TPSA) is 35.4 Å². The molecule has 2 aromatic carbocycles. The van der Waals surface area contributed by atoms with Gasteiger partial charge in [-0.3, -0.25) is 0 Å². The number of benzene rings is 2. The third-order valence-corrected chi connectivity index (χ3v) is 5.28. The Kier molecular flexibility index (Phi) is 4.91. The molecule has 116 valence electrons. The Balaban J connectivity index is 1.74. The van der Waals surface area contributed by atoms with E-state index in [1.54, 1.807) is 12.3 Å². The van der Waals surface area contributed by atoms with Crippen molar-refractivity contribution in [2.24, 2.45) is 4.40 Å². The van der Waals surface area contributed by atoms with Crippen molar-refractivity contribution in [3.8, 4) is 10.4 Å². The van der Waals surface area contributed by atoms with E-state index in [9.17, 15) is 8.94 Å². The minimum absolute atomic E-state index is 0.258. The smallest absolute Gasteiger partial charge is 0.182 e. The van der Waals surface area contributed by atoms with Crippen molar-refractivity contribution in [2.45, 2.75) is 11.8 Å². The minimum Gasteiger partial charge on any atom is -0.586 e. The van der Waals surface area contributed by atoms with Crippen LogP contribution in [0.25, 0.3) is 10.4 Å². The van der Waals surface area contributed by atoms with Crippen LogP contribution in [0.1, 0.15) is 10.4 Å². The molecule has 2 nitrogen and oxygen atoms in total. The monoisotopic (exact) mass is 343 g/mol. The molecule has 0 aliphatic carbocycles. The molecule has 0 radical (unpaired) electrons. The van der Waals surface area contributed by atoms with Crippen molar-refractivity contribution >= 4 is 28.9 Å². The van der Waals surface area contributed by atoms with Crippen molar-refractivity contribution in [1.29, 1.82) is 0 Å². The second-order valence-corrected chi connectivity index (χ2v) is 7.30. The molecule has 1 heterocycles. The first-order chi connectivity index (χ1) is 11.1. The van der Waals surface area contributed by atoms with Crippen molar-refractivity contribution in [3.63, 3.8) is 0 Å². The molecule has 1 unspecified atom stereocenters. The molecule has 3 rings (SSSR count). The van der Waals surface area contributed by atoms with Crippen LogP contribution in [0.3, 0.4) is 0 Å². The number of thiophene rings is 1. The number of hydrogen-bond donors (Lipinski definition) is 0. The van der Waals surface area contributed by atoms with Gasteiger partial charge in [0.25, 0.3) is 0 Å². The number of rotatable bonds is 4. The number of hydrogen-bond acceptors (Lipinski definition) is 3. The van der Waals surface area contributed by atoms with E-state index in [4.69, 9.17) is 0 Å². The molecule has 1 aromatic heterocycles. The fourth-order valence-corrected chi connectivity index (χ4v) is 3.68. The highest BCUT2D eigenvalue weighted by atomic mass is 32.2. The first kappa shape index (κ1) is 15.9. The fourth-order valence-electron chi connectivity index (χ4n) is 2.03. The van der Waals surface area contributed by atoms with Crippen LogP contribution in [-0.4, -0.2) is 10.8 Å². The maximum absolute atomic E-state index is 13.3. The minimum atomic E-state index is -1.41. The van der Waals surface area contributed by atoms with E-state index in [1.807, 2.05) is 49.4 Å². The van der Waals surface area contributed by atoms with Crippen LogP contribution in [0.4, 0.5) is 4.39 Å². The van der Waals surface area contributed by atoms with Gasteiger partial charge in [-0.1, -0.05) is 34.2 Å². The lowest BCUT2D eigenvalue weighted by atomic mass is 10.2. The largest absolute Gasteiger partial charge is 0.586 e. The third kappa shape index (κ3) is 4.07. The van der Waals surface area contributed by atoms with Gasteiger partial charge in [0, 0.05) is 4.88 Å². The zero-order valence-electron chi connectivity index (χ0n) is 12.4. The first-order valence-electron chi connectivity index (χ1n) is 7.00. The summed E-state index contributed by atoms with van der Waals surface area (Å²) in [5.41, 5.74) is 1.95. The van der Waals surface area contributed by atoms with E-state index in [2.05, 4.69) is 4.40 Å². The van der Waals surface area contributed by atoms with Crippen molar-refractivity contribution in [2.75, 3.05) is 0 Å². The lowest BCUT2D eigenvalue weighted by Crippen LogP contribution is -1.97. The number of aryl methyl sites for hydroxylation is 1. The summed E-state index contributed by atoms with van der Waals surface area (Å²) in [5.74, 6) is -0.258. The average molecular weight is 343 g/mol. The molecule has 0 saturated heterocycles. The van der Waals surface area contributed by atoms with E-state index in [-0.39, 0.29) is 5.82 Å². The van der Waals surface area contributed by atoms with E-state index in [1.165, 1.54) is 23.5 Å². The van der Waals surface area contributed by atoms with Gasteiger partial charge >= 0.3 is 0 Å². The molecular formula is C18H14FNOS2. The maximum atomic E-state index is 13.3. The lowest BCUT2D eigenvalue weighted by molar-refractivity contribution is 0.597. The number of halogens is 1. The summed E-state index contributed by atoms with van der Waals surface area (Å²) in [7, 11) is 0. The molecular weight excluding hydrogens is 329 g/mol. The van der Waals surface area contributed by atoms with Gasteiger partial charge in [0.05, 0.1) is 11.1 Å². The highest BCUT2D eigenvalue weighted by Crippen LogP contribution is 2.28. The zero-order chi connectivity index (χ0) is 16.2. The van der Waals surface area contributed by atoms with Crippen molar-refractivity contribution in [3.05, 3.63) is 76.9 Å². The summed E-state index contributed by atoms with van der Waals surface area (Å²) in [6, 6.07) is 17.7. The summed E-state index contributed by atoms with van der Waals surface area (Å²) < 4.78 is 29.5. The molecule has 0 aliphatic rings.